The van der Waals surface area contributed by atoms with E-state index >= 15 is 0 Å². The van der Waals surface area contributed by atoms with Gasteiger partial charge in [0.1, 0.15) is 0 Å². The van der Waals surface area contributed by atoms with E-state index in [1.165, 1.54) is 11.8 Å². The van der Waals surface area contributed by atoms with Crippen LogP contribution in [0.1, 0.15) is 16.2 Å². The fraction of sp³-hybridized carbons (Fsp3) is 0.250. The first-order chi connectivity index (χ1) is 13.6. The van der Waals surface area contributed by atoms with Gasteiger partial charge in [0.15, 0.2) is 11.5 Å². The van der Waals surface area contributed by atoms with Crippen molar-refractivity contribution >= 4 is 17.7 Å². The second kappa shape index (κ2) is 8.79. The molecule has 1 aromatic heterocycles. The number of amides is 1. The molecule has 2 aromatic carbocycles. The van der Waals surface area contributed by atoms with E-state index in [1.54, 1.807) is 38.3 Å². The van der Waals surface area contributed by atoms with Crippen LogP contribution in [-0.4, -0.2) is 48.5 Å². The number of methoxy groups -OCH3 is 2. The zero-order valence-corrected chi connectivity index (χ0v) is 16.9. The molecule has 0 atom stereocenters. The van der Waals surface area contributed by atoms with Crippen LogP contribution in [0.25, 0.3) is 11.5 Å². The maximum Gasteiger partial charge on any atom is 0.255 e. The summed E-state index contributed by atoms with van der Waals surface area (Å²) in [5, 5.41) is 8.14. The van der Waals surface area contributed by atoms with Gasteiger partial charge >= 0.3 is 0 Å². The van der Waals surface area contributed by atoms with Crippen LogP contribution >= 0.6 is 11.8 Å². The normalized spacial score (nSPS) is 10.6. The van der Waals surface area contributed by atoms with E-state index in [2.05, 4.69) is 10.2 Å². The number of benzene rings is 2. The van der Waals surface area contributed by atoms with Gasteiger partial charge in [-0.3, -0.25) is 4.79 Å². The quantitative estimate of drug-likeness (QED) is 0.560. The van der Waals surface area contributed by atoms with E-state index in [1.807, 2.05) is 36.6 Å². The highest BCUT2D eigenvalue weighted by Crippen LogP contribution is 2.31. The number of hydrogen-bond donors (Lipinski definition) is 0. The van der Waals surface area contributed by atoms with Crippen LogP contribution in [0.3, 0.4) is 0 Å². The lowest BCUT2D eigenvalue weighted by molar-refractivity contribution is 0.0769. The maximum atomic E-state index is 12.8. The molecule has 28 heavy (non-hydrogen) atoms. The van der Waals surface area contributed by atoms with Crippen LogP contribution in [0.4, 0.5) is 0 Å². The summed E-state index contributed by atoms with van der Waals surface area (Å²) in [6, 6.07) is 12.8. The fourth-order valence-electron chi connectivity index (χ4n) is 2.71. The summed E-state index contributed by atoms with van der Waals surface area (Å²) in [6.07, 6.45) is 1.94. The zero-order valence-electron chi connectivity index (χ0n) is 16.1. The first-order valence-corrected chi connectivity index (χ1v) is 9.73. The molecule has 0 saturated carbocycles. The third-order valence-corrected chi connectivity index (χ3v) is 4.95. The lowest BCUT2D eigenvalue weighted by Crippen LogP contribution is -2.26. The summed E-state index contributed by atoms with van der Waals surface area (Å²) < 4.78 is 16.3. The minimum atomic E-state index is -0.101. The van der Waals surface area contributed by atoms with Crippen LogP contribution in [-0.2, 0) is 6.54 Å². The molecule has 0 fully saturated rings. The number of hydrogen-bond acceptors (Lipinski definition) is 7. The molecule has 3 rings (SSSR count). The Labute approximate surface area is 167 Å². The van der Waals surface area contributed by atoms with Crippen LogP contribution in [0.2, 0.25) is 0 Å². The van der Waals surface area contributed by atoms with E-state index in [-0.39, 0.29) is 12.5 Å². The second-order valence-corrected chi connectivity index (χ2v) is 6.78. The number of thioether (sulfide) groups is 1. The Bertz CT molecular complexity index is 974. The molecule has 146 valence electrons. The topological polar surface area (TPSA) is 77.7 Å². The Kier molecular flexibility index (Phi) is 6.20. The molecule has 0 unspecified atom stereocenters. The van der Waals surface area contributed by atoms with Gasteiger partial charge in [-0.25, -0.2) is 0 Å². The van der Waals surface area contributed by atoms with Crippen molar-refractivity contribution in [1.82, 2.24) is 15.1 Å². The second-order valence-electron chi connectivity index (χ2n) is 5.93. The summed E-state index contributed by atoms with van der Waals surface area (Å²) in [6.45, 7) is 0.210. The predicted octanol–water partition coefficient (Wildman–Crippen LogP) is 3.75. The average molecular weight is 399 g/mol. The first kappa shape index (κ1) is 19.8. The van der Waals surface area contributed by atoms with Crippen molar-refractivity contribution in [1.29, 1.82) is 0 Å². The Morgan fingerprint density at radius 2 is 1.86 bits per heavy atom. The lowest BCUT2D eigenvalue weighted by atomic mass is 10.2. The Morgan fingerprint density at radius 1 is 1.11 bits per heavy atom. The van der Waals surface area contributed by atoms with E-state index in [0.29, 0.717) is 34.4 Å². The third-order valence-electron chi connectivity index (χ3n) is 4.15. The zero-order chi connectivity index (χ0) is 20.1. The van der Waals surface area contributed by atoms with Gasteiger partial charge in [0.25, 0.3) is 5.91 Å². The average Bonchev–Trinajstić information content (AvgIpc) is 3.20. The highest BCUT2D eigenvalue weighted by molar-refractivity contribution is 7.98. The summed E-state index contributed by atoms with van der Waals surface area (Å²) in [4.78, 5) is 15.2. The van der Waals surface area contributed by atoms with Gasteiger partial charge in [-0.15, -0.1) is 22.0 Å². The molecule has 0 radical (unpaired) electrons. The van der Waals surface area contributed by atoms with Gasteiger partial charge in [0, 0.05) is 17.5 Å². The number of rotatable bonds is 7. The molecular weight excluding hydrogens is 378 g/mol. The van der Waals surface area contributed by atoms with Crippen molar-refractivity contribution in [2.45, 2.75) is 11.4 Å². The fourth-order valence-corrected chi connectivity index (χ4v) is 3.29. The number of aromatic nitrogens is 2. The Hall–Kier alpha value is -3.00. The van der Waals surface area contributed by atoms with Crippen LogP contribution in [0, 0.1) is 0 Å². The van der Waals surface area contributed by atoms with Crippen LogP contribution in [0.5, 0.6) is 11.5 Å². The maximum absolute atomic E-state index is 12.8. The molecule has 1 amide bonds. The largest absolute Gasteiger partial charge is 0.493 e. The van der Waals surface area contributed by atoms with Crippen molar-refractivity contribution in [3.8, 4) is 23.0 Å². The molecule has 1 heterocycles. The monoisotopic (exact) mass is 399 g/mol. The molecule has 0 aliphatic carbocycles. The molecule has 0 saturated heterocycles. The van der Waals surface area contributed by atoms with Gasteiger partial charge in [-0.05, 0) is 36.6 Å². The number of nitrogens with zero attached hydrogens (tertiary/aromatic N) is 3. The number of carbonyl (C=O) groups excluding carboxylic acids is 1. The van der Waals surface area contributed by atoms with E-state index in [0.717, 1.165) is 4.90 Å². The Morgan fingerprint density at radius 3 is 2.57 bits per heavy atom. The minimum absolute atomic E-state index is 0.101. The molecule has 3 aromatic rings. The molecule has 0 bridgehead atoms. The van der Waals surface area contributed by atoms with Crippen molar-refractivity contribution in [2.75, 3.05) is 27.5 Å². The van der Waals surface area contributed by atoms with Gasteiger partial charge in [-0.2, -0.15) is 0 Å². The third kappa shape index (κ3) is 4.12. The Balaban J connectivity index is 1.76. The number of carbonyl (C=O) groups is 1. The van der Waals surface area contributed by atoms with Crippen LogP contribution < -0.4 is 9.47 Å². The van der Waals surface area contributed by atoms with Crippen molar-refractivity contribution in [2.24, 2.45) is 0 Å². The first-order valence-electron chi connectivity index (χ1n) is 8.50. The van der Waals surface area contributed by atoms with Gasteiger partial charge in [0.2, 0.25) is 11.8 Å². The molecule has 0 aliphatic rings. The predicted molar refractivity (Wildman–Crippen MR) is 107 cm³/mol. The highest BCUT2D eigenvalue weighted by Gasteiger charge is 2.18. The molecule has 0 spiro atoms. The molecule has 7 nitrogen and oxygen atoms in total. The van der Waals surface area contributed by atoms with Gasteiger partial charge in [-0.1, -0.05) is 12.1 Å². The highest BCUT2D eigenvalue weighted by atomic mass is 32.2. The summed E-state index contributed by atoms with van der Waals surface area (Å²) >= 11 is 1.53. The summed E-state index contributed by atoms with van der Waals surface area (Å²) in [5.74, 6) is 1.78. The molecular formula is C20H21N3O4S. The standard InChI is InChI=1S/C20H21N3O4S/c1-23(20(24)14-7-5-6-8-17(14)28-4)12-18-21-22-19(27-18)13-9-10-15(25-2)16(11-13)26-3/h5-11H,12H2,1-4H3. The van der Waals surface area contributed by atoms with Crippen molar-refractivity contribution in [3.63, 3.8) is 0 Å². The van der Waals surface area contributed by atoms with Crippen molar-refractivity contribution < 1.29 is 18.7 Å². The molecule has 8 heteroatoms. The van der Waals surface area contributed by atoms with Crippen molar-refractivity contribution in [3.05, 3.63) is 53.9 Å². The lowest BCUT2D eigenvalue weighted by Gasteiger charge is -2.16. The SMILES string of the molecule is COc1ccc(-c2nnc(CN(C)C(=O)c3ccccc3SC)o2)cc1OC. The van der Waals surface area contributed by atoms with E-state index < -0.39 is 0 Å². The van der Waals surface area contributed by atoms with Gasteiger partial charge < -0.3 is 18.8 Å². The van der Waals surface area contributed by atoms with E-state index in [9.17, 15) is 4.79 Å². The smallest absolute Gasteiger partial charge is 0.255 e. The molecule has 0 aliphatic heterocycles. The minimum Gasteiger partial charge on any atom is -0.493 e. The summed E-state index contributed by atoms with van der Waals surface area (Å²) in [7, 11) is 4.85. The van der Waals surface area contributed by atoms with E-state index in [4.69, 9.17) is 13.9 Å². The molecule has 0 N–H and O–H groups in total. The number of ether oxygens (including phenoxy) is 2. The summed E-state index contributed by atoms with van der Waals surface area (Å²) in [5.41, 5.74) is 1.36. The van der Waals surface area contributed by atoms with Gasteiger partial charge in [0.05, 0.1) is 26.3 Å². The van der Waals surface area contributed by atoms with Crippen LogP contribution in [0.15, 0.2) is 51.8 Å².